The summed E-state index contributed by atoms with van der Waals surface area (Å²) in [4.78, 5) is 25.4. The van der Waals surface area contributed by atoms with Crippen LogP contribution in [0.1, 0.15) is 75.6 Å². The molecular formula is C29H44ClNO8S. The van der Waals surface area contributed by atoms with E-state index in [4.69, 9.17) is 21.1 Å². The third-order valence-electron chi connectivity index (χ3n) is 7.86. The molecule has 0 aromatic heterocycles. The summed E-state index contributed by atoms with van der Waals surface area (Å²) in [5, 5.41) is 44.0. The van der Waals surface area contributed by atoms with E-state index in [1.165, 1.54) is 37.8 Å². The zero-order valence-electron chi connectivity index (χ0n) is 23.3. The molecule has 1 aromatic carbocycles. The number of esters is 1. The number of aliphatic hydroxyl groups is 3. The number of hydrogen-bond donors (Lipinski definition) is 5. The molecule has 1 aliphatic carbocycles. The monoisotopic (exact) mass is 601 g/mol. The lowest BCUT2D eigenvalue weighted by atomic mass is 9.92. The number of ether oxygens (including phenoxy) is 2. The Hall–Kier alpha value is -1.56. The molecule has 1 saturated carbocycles. The van der Waals surface area contributed by atoms with Crippen molar-refractivity contribution in [2.45, 2.75) is 106 Å². The smallest absolute Gasteiger partial charge is 0.341 e. The minimum atomic E-state index is -1.52. The Morgan fingerprint density at radius 3 is 2.58 bits per heavy atom. The maximum absolute atomic E-state index is 13.2. The molecule has 1 aromatic rings. The Bertz CT molecular complexity index is 952. The molecule has 0 bridgehead atoms. The fourth-order valence-electron chi connectivity index (χ4n) is 5.51. The maximum atomic E-state index is 13.2. The van der Waals surface area contributed by atoms with E-state index in [2.05, 4.69) is 12.2 Å². The number of phenolic OH excluding ortho intramolecular Hbond substituents is 1. The predicted molar refractivity (Wildman–Crippen MR) is 154 cm³/mol. The summed E-state index contributed by atoms with van der Waals surface area (Å²) in [5.74, 6) is -0.389. The van der Waals surface area contributed by atoms with E-state index >= 15 is 0 Å². The van der Waals surface area contributed by atoms with Crippen LogP contribution in [-0.2, 0) is 14.3 Å². The van der Waals surface area contributed by atoms with Gasteiger partial charge in [-0.1, -0.05) is 51.2 Å². The largest absolute Gasteiger partial charge is 0.507 e. The Morgan fingerprint density at radius 1 is 1.12 bits per heavy atom. The van der Waals surface area contributed by atoms with E-state index in [0.717, 1.165) is 37.4 Å². The Kier molecular flexibility index (Phi) is 13.3. The van der Waals surface area contributed by atoms with Crippen molar-refractivity contribution >= 4 is 35.2 Å². The van der Waals surface area contributed by atoms with Crippen LogP contribution < -0.4 is 5.32 Å². The van der Waals surface area contributed by atoms with Crippen LogP contribution in [0.4, 0.5) is 0 Å². The standard InChI is InChI=1S/C29H44ClNO8S/c1-3-4-5-6-9-18-12-13-19(16-18)27(36)31-22(17(2)30)26-24(34)23(33)25(35)29(39-26)40-15-14-38-28(37)20-10-7-8-11-21(20)32/h7-8,10-11,17-19,22-26,29,32-35H,3-6,9,12-16H2,1-2H3,(H,31,36)/t17-,18-,19-,22+,23-,24+,25+,26+,29+/m0/s1. The molecule has 3 rings (SSSR count). The second kappa shape index (κ2) is 16.2. The predicted octanol–water partition coefficient (Wildman–Crippen LogP) is 3.59. The fraction of sp³-hybridized carbons (Fsp3) is 0.724. The highest BCUT2D eigenvalue weighted by atomic mass is 35.5. The first kappa shape index (κ1) is 32.9. The number of hydrogen-bond acceptors (Lipinski definition) is 9. The highest BCUT2D eigenvalue weighted by molar-refractivity contribution is 7.99. The number of halogens is 1. The van der Waals surface area contributed by atoms with Gasteiger partial charge in [0.1, 0.15) is 47.8 Å². The molecule has 5 N–H and O–H groups in total. The molecule has 1 saturated heterocycles. The van der Waals surface area contributed by atoms with Crippen LogP contribution in [0.5, 0.6) is 5.75 Å². The van der Waals surface area contributed by atoms with Crippen LogP contribution >= 0.6 is 23.4 Å². The third kappa shape index (κ3) is 8.97. The van der Waals surface area contributed by atoms with E-state index in [9.17, 15) is 30.0 Å². The quantitative estimate of drug-likeness (QED) is 0.123. The van der Waals surface area contributed by atoms with Crippen molar-refractivity contribution in [3.63, 3.8) is 0 Å². The highest BCUT2D eigenvalue weighted by Gasteiger charge is 2.48. The number of carbonyl (C=O) groups is 2. The number of amides is 1. The summed E-state index contributed by atoms with van der Waals surface area (Å²) in [5.41, 5.74) is -0.916. The number of benzene rings is 1. The van der Waals surface area contributed by atoms with E-state index in [1.807, 2.05) is 0 Å². The fourth-order valence-corrected chi connectivity index (χ4v) is 6.69. The van der Waals surface area contributed by atoms with Crippen molar-refractivity contribution in [2.75, 3.05) is 12.4 Å². The van der Waals surface area contributed by atoms with Gasteiger partial charge in [0, 0.05) is 11.7 Å². The lowest BCUT2D eigenvalue weighted by Crippen LogP contribution is -2.64. The van der Waals surface area contributed by atoms with Gasteiger partial charge < -0.3 is 35.2 Å². The zero-order chi connectivity index (χ0) is 29.2. The molecule has 0 radical (unpaired) electrons. The number of phenols is 1. The van der Waals surface area contributed by atoms with Crippen LogP contribution in [-0.4, -0.2) is 85.9 Å². The van der Waals surface area contributed by atoms with Crippen LogP contribution in [0.25, 0.3) is 0 Å². The minimum absolute atomic E-state index is 0.0406. The minimum Gasteiger partial charge on any atom is -0.507 e. The molecule has 2 aliphatic rings. The van der Waals surface area contributed by atoms with Crippen molar-refractivity contribution in [3.8, 4) is 5.75 Å². The topological polar surface area (TPSA) is 146 Å². The molecule has 1 amide bonds. The van der Waals surface area contributed by atoms with Crippen LogP contribution in [0, 0.1) is 11.8 Å². The van der Waals surface area contributed by atoms with Gasteiger partial charge in [-0.3, -0.25) is 4.79 Å². The molecule has 11 heteroatoms. The summed E-state index contributed by atoms with van der Waals surface area (Å²) < 4.78 is 11.2. The molecule has 9 nitrogen and oxygen atoms in total. The van der Waals surface area contributed by atoms with Gasteiger partial charge in [-0.2, -0.15) is 0 Å². The van der Waals surface area contributed by atoms with Crippen molar-refractivity contribution in [3.05, 3.63) is 29.8 Å². The van der Waals surface area contributed by atoms with E-state index in [-0.39, 0.29) is 35.5 Å². The summed E-state index contributed by atoms with van der Waals surface area (Å²) in [6.07, 6.45) is 3.18. The van der Waals surface area contributed by atoms with Crippen LogP contribution in [0.2, 0.25) is 0 Å². The molecule has 226 valence electrons. The first-order valence-electron chi connectivity index (χ1n) is 14.3. The van der Waals surface area contributed by atoms with Crippen LogP contribution in [0.15, 0.2) is 24.3 Å². The lowest BCUT2D eigenvalue weighted by molar-refractivity contribution is -0.205. The van der Waals surface area contributed by atoms with Gasteiger partial charge in [-0.05, 0) is 44.2 Å². The molecule has 40 heavy (non-hydrogen) atoms. The highest BCUT2D eigenvalue weighted by Crippen LogP contribution is 2.36. The van der Waals surface area contributed by atoms with Crippen molar-refractivity contribution in [2.24, 2.45) is 11.8 Å². The van der Waals surface area contributed by atoms with Gasteiger partial charge in [0.2, 0.25) is 5.91 Å². The Morgan fingerprint density at radius 2 is 1.88 bits per heavy atom. The number of rotatable bonds is 14. The summed E-state index contributed by atoms with van der Waals surface area (Å²) in [7, 11) is 0. The number of nitrogens with one attached hydrogen (secondary N) is 1. The SMILES string of the molecule is CCCCCC[C@H]1CC[C@H](C(=O)N[C@@H]([C@H]2O[C@H](SCCOC(=O)c3ccccc3O)[C@H](O)[C@@H](O)[C@H]2O)[C@H](C)Cl)C1. The number of para-hydroxylation sites is 1. The van der Waals surface area contributed by atoms with E-state index in [1.54, 1.807) is 19.1 Å². The van der Waals surface area contributed by atoms with Gasteiger partial charge in [0.15, 0.2) is 0 Å². The molecule has 9 atom stereocenters. The second-order valence-corrected chi connectivity index (χ2v) is 12.8. The summed E-state index contributed by atoms with van der Waals surface area (Å²) in [6, 6.07) is 5.24. The summed E-state index contributed by atoms with van der Waals surface area (Å²) >= 11 is 7.55. The molecule has 2 fully saturated rings. The number of aliphatic hydroxyl groups excluding tert-OH is 3. The summed E-state index contributed by atoms with van der Waals surface area (Å²) in [6.45, 7) is 3.83. The zero-order valence-corrected chi connectivity index (χ0v) is 24.9. The normalized spacial score (nSPS) is 30.0. The molecule has 1 heterocycles. The second-order valence-electron chi connectivity index (χ2n) is 10.9. The number of aromatic hydroxyl groups is 1. The number of alkyl halides is 1. The van der Waals surface area contributed by atoms with Gasteiger partial charge in [-0.15, -0.1) is 23.4 Å². The van der Waals surface area contributed by atoms with Crippen molar-refractivity contribution in [1.82, 2.24) is 5.32 Å². The maximum Gasteiger partial charge on any atom is 0.341 e. The first-order chi connectivity index (χ1) is 19.1. The average Bonchev–Trinajstić information content (AvgIpc) is 3.41. The molecule has 0 unspecified atom stereocenters. The first-order valence-corrected chi connectivity index (χ1v) is 15.8. The third-order valence-corrected chi connectivity index (χ3v) is 9.26. The molecule has 0 spiro atoms. The number of carbonyl (C=O) groups excluding carboxylic acids is 2. The van der Waals surface area contributed by atoms with Gasteiger partial charge >= 0.3 is 5.97 Å². The van der Waals surface area contributed by atoms with E-state index in [0.29, 0.717) is 5.92 Å². The van der Waals surface area contributed by atoms with Gasteiger partial charge in [-0.25, -0.2) is 4.79 Å². The average molecular weight is 602 g/mol. The van der Waals surface area contributed by atoms with Gasteiger partial charge in [0.05, 0.1) is 11.4 Å². The van der Waals surface area contributed by atoms with Crippen LogP contribution in [0.3, 0.4) is 0 Å². The van der Waals surface area contributed by atoms with E-state index < -0.39 is 47.2 Å². The molecule has 1 aliphatic heterocycles. The van der Waals surface area contributed by atoms with Gasteiger partial charge in [0.25, 0.3) is 0 Å². The lowest BCUT2D eigenvalue weighted by Gasteiger charge is -2.44. The van der Waals surface area contributed by atoms with Crippen molar-refractivity contribution in [1.29, 1.82) is 0 Å². The Balaban J connectivity index is 1.53. The van der Waals surface area contributed by atoms with Crippen molar-refractivity contribution < 1.29 is 39.5 Å². The number of unbranched alkanes of at least 4 members (excludes halogenated alkanes) is 3. The number of thioether (sulfide) groups is 1. The Labute approximate surface area is 246 Å². The molecular weight excluding hydrogens is 558 g/mol.